The maximum atomic E-state index is 12.6. The lowest BCUT2D eigenvalue weighted by atomic mass is 10.2. The van der Waals surface area contributed by atoms with Crippen LogP contribution in [-0.2, 0) is 15.6 Å². The molecule has 4 aromatic rings. The molecule has 0 aliphatic rings. The molecule has 0 aliphatic carbocycles. The summed E-state index contributed by atoms with van der Waals surface area (Å²) in [6.45, 7) is 0. The van der Waals surface area contributed by atoms with Crippen LogP contribution in [0.2, 0.25) is 5.02 Å². The van der Waals surface area contributed by atoms with Crippen LogP contribution >= 0.6 is 11.6 Å². The van der Waals surface area contributed by atoms with E-state index in [0.29, 0.717) is 27.3 Å². The van der Waals surface area contributed by atoms with Crippen molar-refractivity contribution in [3.63, 3.8) is 0 Å². The highest BCUT2D eigenvalue weighted by Gasteiger charge is 2.18. The maximum absolute atomic E-state index is 12.6. The van der Waals surface area contributed by atoms with Crippen molar-refractivity contribution in [1.82, 2.24) is 9.72 Å². The van der Waals surface area contributed by atoms with Gasteiger partial charge < -0.3 is 4.52 Å². The zero-order chi connectivity index (χ0) is 19.0. The quantitative estimate of drug-likeness (QED) is 0.522. The predicted molar refractivity (Wildman–Crippen MR) is 102 cm³/mol. The molecule has 0 radical (unpaired) electrons. The summed E-state index contributed by atoms with van der Waals surface area (Å²) < 4.78 is 31.5. The fourth-order valence-electron chi connectivity index (χ4n) is 2.86. The van der Waals surface area contributed by atoms with E-state index in [1.54, 1.807) is 42.5 Å². The highest BCUT2D eigenvalue weighted by atomic mass is 35.5. The van der Waals surface area contributed by atoms with E-state index in [0.717, 1.165) is 0 Å². The number of pyridine rings is 1. The maximum Gasteiger partial charge on any atom is 0.255 e. The van der Waals surface area contributed by atoms with Gasteiger partial charge in [-0.3, -0.25) is 9.36 Å². The molecule has 0 unspecified atom stereocenters. The molecule has 2 aromatic heterocycles. The van der Waals surface area contributed by atoms with Gasteiger partial charge in [0.2, 0.25) is 0 Å². The Morgan fingerprint density at radius 3 is 2.48 bits per heavy atom. The third-order valence-corrected chi connectivity index (χ3v) is 6.04. The molecule has 0 spiro atoms. The van der Waals surface area contributed by atoms with E-state index in [1.807, 2.05) is 0 Å². The Hall–Kier alpha value is -2.90. The van der Waals surface area contributed by atoms with Crippen LogP contribution < -0.4 is 5.56 Å². The molecule has 0 atom stereocenters. The van der Waals surface area contributed by atoms with Crippen molar-refractivity contribution < 1.29 is 12.9 Å². The molecule has 0 N–H and O–H groups in total. The number of rotatable bonds is 4. The molecule has 2 aromatic carbocycles. The molecule has 0 aliphatic heterocycles. The normalized spacial score (nSPS) is 11.7. The first kappa shape index (κ1) is 17.5. The standard InChI is InChI=1S/C19H13ClN2O4S/c20-14-2-4-16(5-3-14)22-18-7-6-17(11-13(18)1-8-19(22)23)27(24,25)12-15-9-10-26-21-15/h1-11H,12H2. The largest absolute Gasteiger partial charge is 0.364 e. The molecule has 8 heteroatoms. The van der Waals surface area contributed by atoms with Crippen LogP contribution in [0.15, 0.2) is 81.1 Å². The van der Waals surface area contributed by atoms with E-state index in [4.69, 9.17) is 16.1 Å². The van der Waals surface area contributed by atoms with Gasteiger partial charge in [0.1, 0.15) is 12.0 Å². The van der Waals surface area contributed by atoms with Gasteiger partial charge in [0.05, 0.1) is 16.1 Å². The smallest absolute Gasteiger partial charge is 0.255 e. The summed E-state index contributed by atoms with van der Waals surface area (Å²) in [4.78, 5) is 12.6. The molecule has 2 heterocycles. The van der Waals surface area contributed by atoms with Gasteiger partial charge in [-0.05, 0) is 48.5 Å². The molecule has 4 rings (SSSR count). The van der Waals surface area contributed by atoms with Gasteiger partial charge in [-0.25, -0.2) is 8.42 Å². The Bertz CT molecular complexity index is 1280. The second-order valence-corrected chi connectivity index (χ2v) is 8.38. The SMILES string of the molecule is O=c1ccc2cc(S(=O)(=O)Cc3ccon3)ccc2n1-c1ccc(Cl)cc1. The van der Waals surface area contributed by atoms with Crippen LogP contribution in [0.1, 0.15) is 5.69 Å². The summed E-state index contributed by atoms with van der Waals surface area (Å²) in [5.74, 6) is -0.258. The molecule has 0 amide bonds. The van der Waals surface area contributed by atoms with Crippen LogP contribution in [0.3, 0.4) is 0 Å². The molecule has 136 valence electrons. The van der Waals surface area contributed by atoms with E-state index >= 15 is 0 Å². The fraction of sp³-hybridized carbons (Fsp3) is 0.0526. The highest BCUT2D eigenvalue weighted by Crippen LogP contribution is 2.23. The predicted octanol–water partition coefficient (Wildman–Crippen LogP) is 3.61. The number of hydrogen-bond donors (Lipinski definition) is 0. The molecular weight excluding hydrogens is 388 g/mol. The van der Waals surface area contributed by atoms with Gasteiger partial charge in [0.25, 0.3) is 5.56 Å². The Kier molecular flexibility index (Phi) is 4.33. The fourth-order valence-corrected chi connectivity index (χ4v) is 4.28. The molecule has 0 fully saturated rings. The van der Waals surface area contributed by atoms with Crippen molar-refractivity contribution in [3.05, 3.63) is 88.0 Å². The van der Waals surface area contributed by atoms with Gasteiger partial charge in [-0.1, -0.05) is 16.8 Å². The average Bonchev–Trinajstić information content (AvgIpc) is 3.14. The number of halogens is 1. The Labute approximate surface area is 159 Å². The number of benzene rings is 2. The third-order valence-electron chi connectivity index (χ3n) is 4.14. The number of aromatic nitrogens is 2. The van der Waals surface area contributed by atoms with Gasteiger partial charge >= 0.3 is 0 Å². The van der Waals surface area contributed by atoms with Crippen LogP contribution in [0.25, 0.3) is 16.6 Å². The minimum atomic E-state index is -3.60. The molecule has 0 bridgehead atoms. The van der Waals surface area contributed by atoms with Gasteiger partial charge in [-0.2, -0.15) is 0 Å². The Morgan fingerprint density at radius 2 is 1.78 bits per heavy atom. The number of hydrogen-bond acceptors (Lipinski definition) is 5. The minimum Gasteiger partial charge on any atom is -0.364 e. The first-order chi connectivity index (χ1) is 12.9. The average molecular weight is 401 g/mol. The number of nitrogens with zero attached hydrogens (tertiary/aromatic N) is 2. The van der Waals surface area contributed by atoms with Gasteiger partial charge in [0, 0.05) is 28.2 Å². The van der Waals surface area contributed by atoms with Gasteiger partial charge in [0.15, 0.2) is 9.84 Å². The van der Waals surface area contributed by atoms with E-state index in [9.17, 15) is 13.2 Å². The van der Waals surface area contributed by atoms with Crippen LogP contribution in [0, 0.1) is 0 Å². The summed E-state index contributed by atoms with van der Waals surface area (Å²) in [6, 6.07) is 16.1. The Balaban J connectivity index is 1.84. The van der Waals surface area contributed by atoms with Crippen molar-refractivity contribution >= 4 is 32.3 Å². The van der Waals surface area contributed by atoms with Crippen molar-refractivity contribution in [2.24, 2.45) is 0 Å². The van der Waals surface area contributed by atoms with Crippen molar-refractivity contribution in [3.8, 4) is 5.69 Å². The highest BCUT2D eigenvalue weighted by molar-refractivity contribution is 7.90. The summed E-state index contributed by atoms with van der Waals surface area (Å²) in [5.41, 5.74) is 1.36. The summed E-state index contributed by atoms with van der Waals surface area (Å²) in [5, 5.41) is 4.84. The minimum absolute atomic E-state index is 0.152. The summed E-state index contributed by atoms with van der Waals surface area (Å²) in [6.07, 6.45) is 1.33. The lowest BCUT2D eigenvalue weighted by Gasteiger charge is -2.11. The molecule has 0 saturated carbocycles. The second kappa shape index (κ2) is 6.68. The van der Waals surface area contributed by atoms with Crippen LogP contribution in [0.4, 0.5) is 0 Å². The first-order valence-electron chi connectivity index (χ1n) is 7.98. The zero-order valence-corrected chi connectivity index (χ0v) is 15.4. The lowest BCUT2D eigenvalue weighted by molar-refractivity contribution is 0.413. The molecule has 27 heavy (non-hydrogen) atoms. The van der Waals surface area contributed by atoms with Gasteiger partial charge in [-0.15, -0.1) is 0 Å². The number of fused-ring (bicyclic) bond motifs is 1. The van der Waals surface area contributed by atoms with E-state index in [-0.39, 0.29) is 16.2 Å². The first-order valence-corrected chi connectivity index (χ1v) is 10.0. The summed E-state index contributed by atoms with van der Waals surface area (Å²) in [7, 11) is -3.60. The second-order valence-electron chi connectivity index (χ2n) is 5.95. The Morgan fingerprint density at radius 1 is 1.00 bits per heavy atom. The summed E-state index contributed by atoms with van der Waals surface area (Å²) >= 11 is 5.92. The lowest BCUT2D eigenvalue weighted by Crippen LogP contribution is -2.17. The van der Waals surface area contributed by atoms with E-state index < -0.39 is 9.84 Å². The van der Waals surface area contributed by atoms with Crippen LogP contribution in [0.5, 0.6) is 0 Å². The van der Waals surface area contributed by atoms with Crippen LogP contribution in [-0.4, -0.2) is 18.1 Å². The third kappa shape index (κ3) is 3.39. The van der Waals surface area contributed by atoms with Crippen molar-refractivity contribution in [1.29, 1.82) is 0 Å². The van der Waals surface area contributed by atoms with Crippen molar-refractivity contribution in [2.45, 2.75) is 10.6 Å². The van der Waals surface area contributed by atoms with Crippen molar-refractivity contribution in [2.75, 3.05) is 0 Å². The zero-order valence-electron chi connectivity index (χ0n) is 13.9. The molecule has 0 saturated heterocycles. The molecule has 6 nitrogen and oxygen atoms in total. The topological polar surface area (TPSA) is 82.2 Å². The number of sulfone groups is 1. The monoisotopic (exact) mass is 400 g/mol. The van der Waals surface area contributed by atoms with E-state index in [1.165, 1.54) is 29.0 Å². The van der Waals surface area contributed by atoms with E-state index in [2.05, 4.69) is 5.16 Å². The molecular formula is C19H13ClN2O4S.